The quantitative estimate of drug-likeness (QED) is 0.230. The molecule has 0 radical (unpaired) electrons. The summed E-state index contributed by atoms with van der Waals surface area (Å²) >= 11 is 1.14. The number of thioether (sulfide) groups is 1. The Labute approximate surface area is 198 Å². The highest BCUT2D eigenvalue weighted by atomic mass is 32.2. The summed E-state index contributed by atoms with van der Waals surface area (Å²) < 4.78 is 10.5. The van der Waals surface area contributed by atoms with Crippen LogP contribution in [0.3, 0.4) is 0 Å². The van der Waals surface area contributed by atoms with Crippen molar-refractivity contribution in [1.82, 2.24) is 4.90 Å². The SMILES string of the molecule is COc1cc(/C=C2\S/C(=N\N=C\c3ccc([N+](=O)[O-])cc3)N(Cc3ccco3)C2=O)ccc1O. The molecule has 0 aliphatic carbocycles. The number of carbonyl (C=O) groups excluding carboxylic acids is 1. The zero-order valence-corrected chi connectivity index (χ0v) is 18.6. The fraction of sp³-hybridized carbons (Fsp3) is 0.0870. The van der Waals surface area contributed by atoms with Crippen molar-refractivity contribution >= 4 is 40.8 Å². The average Bonchev–Trinajstić information content (AvgIpc) is 3.45. The van der Waals surface area contributed by atoms with Crippen LogP contribution in [0, 0.1) is 10.1 Å². The number of hydrogen-bond donors (Lipinski definition) is 1. The Morgan fingerprint density at radius 2 is 1.97 bits per heavy atom. The van der Waals surface area contributed by atoms with Crippen molar-refractivity contribution in [2.45, 2.75) is 6.54 Å². The van der Waals surface area contributed by atoms with Crippen molar-refractivity contribution in [3.05, 3.63) is 92.8 Å². The van der Waals surface area contributed by atoms with Crippen LogP contribution in [0.1, 0.15) is 16.9 Å². The topological polar surface area (TPSA) is 131 Å². The molecule has 0 unspecified atom stereocenters. The molecule has 34 heavy (non-hydrogen) atoms. The largest absolute Gasteiger partial charge is 0.504 e. The first-order valence-corrected chi connectivity index (χ1v) is 10.7. The molecule has 11 heteroatoms. The number of amides is 1. The Hall–Kier alpha value is -4.38. The third kappa shape index (κ3) is 5.15. The van der Waals surface area contributed by atoms with Crippen LogP contribution < -0.4 is 4.74 Å². The first-order chi connectivity index (χ1) is 16.4. The van der Waals surface area contributed by atoms with E-state index in [9.17, 15) is 20.0 Å². The van der Waals surface area contributed by atoms with E-state index in [1.807, 2.05) is 0 Å². The lowest BCUT2D eigenvalue weighted by molar-refractivity contribution is -0.384. The van der Waals surface area contributed by atoms with E-state index in [0.717, 1.165) is 11.8 Å². The van der Waals surface area contributed by atoms with E-state index in [2.05, 4.69) is 10.2 Å². The molecule has 1 amide bonds. The monoisotopic (exact) mass is 478 g/mol. The average molecular weight is 478 g/mol. The molecule has 1 aliphatic heterocycles. The van der Waals surface area contributed by atoms with Crippen molar-refractivity contribution in [2.75, 3.05) is 7.11 Å². The molecule has 0 spiro atoms. The highest BCUT2D eigenvalue weighted by Crippen LogP contribution is 2.35. The van der Waals surface area contributed by atoms with Crippen molar-refractivity contribution in [3.8, 4) is 11.5 Å². The van der Waals surface area contributed by atoms with Gasteiger partial charge in [-0.3, -0.25) is 19.8 Å². The van der Waals surface area contributed by atoms with Crippen LogP contribution in [0.15, 0.2) is 80.4 Å². The summed E-state index contributed by atoms with van der Waals surface area (Å²) in [7, 11) is 1.44. The number of phenols is 1. The lowest BCUT2D eigenvalue weighted by Gasteiger charge is -2.12. The summed E-state index contributed by atoms with van der Waals surface area (Å²) in [6, 6.07) is 14.1. The number of nitro groups is 1. The Bertz CT molecular complexity index is 1300. The molecular formula is C23H18N4O6S. The third-order valence-electron chi connectivity index (χ3n) is 4.74. The van der Waals surface area contributed by atoms with E-state index in [4.69, 9.17) is 9.15 Å². The predicted octanol–water partition coefficient (Wildman–Crippen LogP) is 4.41. The van der Waals surface area contributed by atoms with Crippen LogP contribution in [-0.2, 0) is 11.3 Å². The third-order valence-corrected chi connectivity index (χ3v) is 5.73. The molecule has 10 nitrogen and oxygen atoms in total. The number of aromatic hydroxyl groups is 1. The van der Waals surface area contributed by atoms with Gasteiger partial charge >= 0.3 is 0 Å². The van der Waals surface area contributed by atoms with Crippen molar-refractivity contribution in [1.29, 1.82) is 0 Å². The standard InChI is InChI=1S/C23H18N4O6S/c1-32-20-11-16(6-9-19(20)28)12-21-22(29)26(14-18-3-2-10-33-18)23(34-21)25-24-13-15-4-7-17(8-5-15)27(30)31/h2-13,28H,14H2,1H3/b21-12-,24-13+,25-23-. The summed E-state index contributed by atoms with van der Waals surface area (Å²) in [4.78, 5) is 25.3. The maximum atomic E-state index is 13.1. The normalized spacial score (nSPS) is 16.1. The summed E-state index contributed by atoms with van der Waals surface area (Å²) in [6.07, 6.45) is 4.64. The van der Waals surface area contributed by atoms with Gasteiger partial charge in [-0.05, 0) is 65.4 Å². The second kappa shape index (κ2) is 10.0. The smallest absolute Gasteiger partial charge is 0.269 e. The van der Waals surface area contributed by atoms with Crippen LogP contribution in [0.5, 0.6) is 11.5 Å². The Morgan fingerprint density at radius 1 is 1.21 bits per heavy atom. The lowest BCUT2D eigenvalue weighted by atomic mass is 10.2. The Kier molecular flexibility index (Phi) is 6.74. The molecule has 1 N–H and O–H groups in total. The minimum Gasteiger partial charge on any atom is -0.504 e. The number of ether oxygens (including phenoxy) is 1. The summed E-state index contributed by atoms with van der Waals surface area (Å²) in [5.74, 6) is 0.586. The number of carbonyl (C=O) groups is 1. The molecule has 1 fully saturated rings. The summed E-state index contributed by atoms with van der Waals surface area (Å²) in [6.45, 7) is 0.168. The number of hydrogen-bond acceptors (Lipinski definition) is 9. The van der Waals surface area contributed by atoms with Gasteiger partial charge in [0.25, 0.3) is 11.6 Å². The van der Waals surface area contributed by atoms with Gasteiger partial charge in [-0.25, -0.2) is 0 Å². The Balaban J connectivity index is 1.61. The van der Waals surface area contributed by atoms with Gasteiger partial charge in [0.05, 0.1) is 36.0 Å². The zero-order chi connectivity index (χ0) is 24.1. The molecule has 172 valence electrons. The van der Waals surface area contributed by atoms with Gasteiger partial charge < -0.3 is 14.3 Å². The predicted molar refractivity (Wildman–Crippen MR) is 128 cm³/mol. The van der Waals surface area contributed by atoms with E-state index < -0.39 is 4.92 Å². The van der Waals surface area contributed by atoms with Crippen LogP contribution in [0.4, 0.5) is 5.69 Å². The van der Waals surface area contributed by atoms with E-state index >= 15 is 0 Å². The molecular weight excluding hydrogens is 460 g/mol. The van der Waals surface area contributed by atoms with E-state index in [1.165, 1.54) is 42.7 Å². The number of phenolic OH excluding ortho intramolecular Hbond substituents is 1. The zero-order valence-electron chi connectivity index (χ0n) is 17.8. The highest BCUT2D eigenvalue weighted by Gasteiger charge is 2.34. The molecule has 1 aliphatic rings. The van der Waals surface area contributed by atoms with Crippen molar-refractivity contribution in [2.24, 2.45) is 10.2 Å². The second-order valence-electron chi connectivity index (χ2n) is 6.99. The van der Waals surface area contributed by atoms with Gasteiger partial charge in [-0.2, -0.15) is 5.10 Å². The van der Waals surface area contributed by atoms with Crippen LogP contribution in [-0.4, -0.2) is 39.3 Å². The van der Waals surface area contributed by atoms with Gasteiger partial charge in [0, 0.05) is 12.1 Å². The lowest BCUT2D eigenvalue weighted by Crippen LogP contribution is -2.28. The minimum atomic E-state index is -0.480. The highest BCUT2D eigenvalue weighted by molar-refractivity contribution is 8.18. The number of benzene rings is 2. The van der Waals surface area contributed by atoms with Crippen LogP contribution in [0.2, 0.25) is 0 Å². The van der Waals surface area contributed by atoms with Gasteiger partial charge in [0.1, 0.15) is 5.76 Å². The number of nitro benzene ring substituents is 1. The molecule has 2 aromatic carbocycles. The molecule has 1 aromatic heterocycles. The number of furan rings is 1. The van der Waals surface area contributed by atoms with Gasteiger partial charge in [0.15, 0.2) is 16.7 Å². The Morgan fingerprint density at radius 3 is 2.65 bits per heavy atom. The molecule has 4 rings (SSSR count). The molecule has 1 saturated heterocycles. The number of nitrogens with zero attached hydrogens (tertiary/aromatic N) is 4. The first kappa shape index (κ1) is 22.8. The maximum Gasteiger partial charge on any atom is 0.269 e. The van der Waals surface area contributed by atoms with E-state index in [-0.39, 0.29) is 23.9 Å². The first-order valence-electron chi connectivity index (χ1n) is 9.91. The van der Waals surface area contributed by atoms with E-state index in [0.29, 0.717) is 32.7 Å². The number of rotatable bonds is 7. The second-order valence-corrected chi connectivity index (χ2v) is 8.00. The van der Waals surface area contributed by atoms with Gasteiger partial charge in [-0.15, -0.1) is 5.10 Å². The molecule has 0 atom stereocenters. The fourth-order valence-corrected chi connectivity index (χ4v) is 3.98. The summed E-state index contributed by atoms with van der Waals surface area (Å²) in [5, 5.41) is 29.2. The van der Waals surface area contributed by atoms with Gasteiger partial charge in [-0.1, -0.05) is 6.07 Å². The molecule has 3 aromatic rings. The summed E-state index contributed by atoms with van der Waals surface area (Å²) in [5.41, 5.74) is 1.26. The minimum absolute atomic E-state index is 0.00247. The van der Waals surface area contributed by atoms with E-state index in [1.54, 1.807) is 42.5 Å². The van der Waals surface area contributed by atoms with Gasteiger partial charge in [0.2, 0.25) is 0 Å². The van der Waals surface area contributed by atoms with Crippen molar-refractivity contribution in [3.63, 3.8) is 0 Å². The molecule has 2 heterocycles. The fourth-order valence-electron chi connectivity index (χ4n) is 3.04. The number of non-ortho nitro benzene ring substituents is 1. The van der Waals surface area contributed by atoms with Crippen LogP contribution >= 0.6 is 11.8 Å². The van der Waals surface area contributed by atoms with Crippen LogP contribution in [0.25, 0.3) is 6.08 Å². The molecule has 0 bridgehead atoms. The number of amidine groups is 1. The molecule has 0 saturated carbocycles. The number of methoxy groups -OCH3 is 1. The maximum absolute atomic E-state index is 13.1. The van der Waals surface area contributed by atoms with Crippen molar-refractivity contribution < 1.29 is 24.0 Å².